The summed E-state index contributed by atoms with van der Waals surface area (Å²) in [5.41, 5.74) is 0.953. The molecule has 1 atom stereocenters. The molecule has 0 saturated heterocycles. The molecule has 0 aromatic heterocycles. The van der Waals surface area contributed by atoms with E-state index in [2.05, 4.69) is 10.0 Å². The summed E-state index contributed by atoms with van der Waals surface area (Å²) in [5.74, 6) is -5.75. The Hall–Kier alpha value is -3.91. The first-order valence-corrected chi connectivity index (χ1v) is 12.5. The summed E-state index contributed by atoms with van der Waals surface area (Å²) in [6.07, 6.45) is -5.04. The number of carbonyl (C=O) groups excluding carboxylic acids is 2. The first kappa shape index (κ1) is 25.7. The van der Waals surface area contributed by atoms with Crippen LogP contribution in [0.2, 0.25) is 5.02 Å². The molecule has 0 fully saturated rings. The van der Waals surface area contributed by atoms with E-state index >= 15 is 4.39 Å². The van der Waals surface area contributed by atoms with Crippen molar-refractivity contribution < 1.29 is 44.7 Å². The maximum atomic E-state index is 15.4. The van der Waals surface area contributed by atoms with Gasteiger partial charge in [-0.3, -0.25) is 14.3 Å². The SMILES string of the molecule is NC(=O)c1cc(C(F)(F)F)cc(F)c1-c1cc2c(c3c1C(c1cc(F)ccc1Cl)NC3=O)OCS(=O)(=O)N2. The van der Waals surface area contributed by atoms with Crippen LogP contribution in [0.5, 0.6) is 5.75 Å². The third-order valence-electron chi connectivity index (χ3n) is 5.96. The fourth-order valence-corrected chi connectivity index (χ4v) is 5.50. The molecule has 2 aliphatic heterocycles. The average molecular weight is 574 g/mol. The lowest BCUT2D eigenvalue weighted by atomic mass is 9.86. The summed E-state index contributed by atoms with van der Waals surface area (Å²) in [5, 5.41) is 2.49. The van der Waals surface area contributed by atoms with Crippen LogP contribution in [-0.4, -0.2) is 26.2 Å². The highest BCUT2D eigenvalue weighted by Gasteiger charge is 2.42. The molecule has 198 valence electrons. The number of rotatable bonds is 3. The first-order valence-electron chi connectivity index (χ1n) is 10.5. The number of ether oxygens (including phenoxy) is 1. The largest absolute Gasteiger partial charge is 0.473 e. The van der Waals surface area contributed by atoms with Gasteiger partial charge < -0.3 is 15.8 Å². The van der Waals surface area contributed by atoms with Gasteiger partial charge in [-0.15, -0.1) is 0 Å². The van der Waals surface area contributed by atoms with Gasteiger partial charge in [-0.1, -0.05) is 11.6 Å². The highest BCUT2D eigenvalue weighted by Crippen LogP contribution is 2.50. The van der Waals surface area contributed by atoms with Crippen molar-refractivity contribution in [3.63, 3.8) is 0 Å². The molecular formula is C23H13ClF5N3O5S. The van der Waals surface area contributed by atoms with Crippen molar-refractivity contribution in [2.45, 2.75) is 12.2 Å². The van der Waals surface area contributed by atoms with Crippen LogP contribution >= 0.6 is 11.6 Å². The number of alkyl halides is 3. The Bertz CT molecular complexity index is 1680. The summed E-state index contributed by atoms with van der Waals surface area (Å²) in [6, 6.07) is 3.36. The Balaban J connectivity index is 1.90. The summed E-state index contributed by atoms with van der Waals surface area (Å²) in [7, 11) is -4.08. The van der Waals surface area contributed by atoms with Gasteiger partial charge in [0, 0.05) is 21.7 Å². The second kappa shape index (κ2) is 8.56. The van der Waals surface area contributed by atoms with Gasteiger partial charge >= 0.3 is 6.18 Å². The minimum absolute atomic E-state index is 0.00991. The molecule has 1 unspecified atom stereocenters. The van der Waals surface area contributed by atoms with Crippen molar-refractivity contribution in [2.24, 2.45) is 5.73 Å². The predicted molar refractivity (Wildman–Crippen MR) is 124 cm³/mol. The van der Waals surface area contributed by atoms with E-state index in [1.807, 2.05) is 0 Å². The second-order valence-corrected chi connectivity index (χ2v) is 10.5. The van der Waals surface area contributed by atoms with Crippen LogP contribution in [0.4, 0.5) is 27.6 Å². The zero-order valence-corrected chi connectivity index (χ0v) is 20.1. The number of hydrogen-bond donors (Lipinski definition) is 3. The van der Waals surface area contributed by atoms with Crippen LogP contribution in [0.25, 0.3) is 11.1 Å². The number of nitrogens with one attached hydrogen (secondary N) is 2. The van der Waals surface area contributed by atoms with E-state index in [0.29, 0.717) is 6.07 Å². The van der Waals surface area contributed by atoms with Crippen LogP contribution in [0.1, 0.15) is 43.4 Å². The third kappa shape index (κ3) is 4.19. The van der Waals surface area contributed by atoms with Crippen LogP contribution in [0, 0.1) is 11.6 Å². The van der Waals surface area contributed by atoms with Gasteiger partial charge in [0.05, 0.1) is 28.4 Å². The van der Waals surface area contributed by atoms with Crippen LogP contribution in [0.3, 0.4) is 0 Å². The van der Waals surface area contributed by atoms with Crippen molar-refractivity contribution in [2.75, 3.05) is 10.7 Å². The molecule has 2 heterocycles. The van der Waals surface area contributed by atoms with E-state index in [1.54, 1.807) is 0 Å². The highest BCUT2D eigenvalue weighted by molar-refractivity contribution is 7.92. The molecule has 0 bridgehead atoms. The van der Waals surface area contributed by atoms with Crippen LogP contribution in [-0.2, 0) is 16.2 Å². The molecule has 0 radical (unpaired) electrons. The molecule has 0 spiro atoms. The van der Waals surface area contributed by atoms with E-state index < -0.39 is 68.3 Å². The van der Waals surface area contributed by atoms with Gasteiger partial charge in [-0.05, 0) is 42.0 Å². The van der Waals surface area contributed by atoms with Crippen molar-refractivity contribution >= 4 is 39.1 Å². The normalized spacial score (nSPS) is 17.6. The average Bonchev–Trinajstić information content (AvgIpc) is 3.15. The van der Waals surface area contributed by atoms with Crippen molar-refractivity contribution in [1.82, 2.24) is 5.32 Å². The second-order valence-electron chi connectivity index (χ2n) is 8.38. The molecule has 0 saturated carbocycles. The van der Waals surface area contributed by atoms with E-state index in [0.717, 1.165) is 18.2 Å². The number of fused-ring (bicyclic) bond motifs is 3. The van der Waals surface area contributed by atoms with E-state index in [9.17, 15) is 35.6 Å². The van der Waals surface area contributed by atoms with Crippen molar-refractivity contribution in [3.05, 3.63) is 80.9 Å². The van der Waals surface area contributed by atoms with Crippen molar-refractivity contribution in [3.8, 4) is 16.9 Å². The number of benzene rings is 3. The number of anilines is 1. The third-order valence-corrected chi connectivity index (χ3v) is 7.26. The summed E-state index contributed by atoms with van der Waals surface area (Å²) < 4.78 is 101. The van der Waals surface area contributed by atoms with Gasteiger partial charge in [0.25, 0.3) is 15.9 Å². The fourth-order valence-electron chi connectivity index (χ4n) is 4.45. The Morgan fingerprint density at radius 1 is 1.11 bits per heavy atom. The summed E-state index contributed by atoms with van der Waals surface area (Å²) in [4.78, 5) is 25.3. The highest BCUT2D eigenvalue weighted by atomic mass is 35.5. The molecule has 2 aliphatic rings. The molecule has 2 amide bonds. The van der Waals surface area contributed by atoms with Gasteiger partial charge in [0.2, 0.25) is 11.8 Å². The minimum Gasteiger partial charge on any atom is -0.473 e. The maximum Gasteiger partial charge on any atom is 0.416 e. The van der Waals surface area contributed by atoms with Gasteiger partial charge in [0.15, 0.2) is 5.75 Å². The fraction of sp³-hybridized carbons (Fsp3) is 0.130. The Morgan fingerprint density at radius 2 is 1.82 bits per heavy atom. The zero-order chi connectivity index (χ0) is 27.7. The minimum atomic E-state index is -5.04. The topological polar surface area (TPSA) is 128 Å². The quantitative estimate of drug-likeness (QED) is 0.402. The number of carbonyl (C=O) groups is 2. The number of halogens is 6. The molecule has 0 aliphatic carbocycles. The molecule has 3 aromatic rings. The summed E-state index contributed by atoms with van der Waals surface area (Å²) >= 11 is 6.24. The standard InChI is InChI=1S/C23H13ClF5N3O5S/c24-13-2-1-9(25)5-10(13)19-17-11(16-12(21(30)33)3-8(4-14(16)26)23(27,28)29)6-15-20(18(17)22(34)31-19)37-7-38(35,36)32-15/h1-6,19,32H,7H2,(H2,30,33)(H,31,34). The predicted octanol–water partition coefficient (Wildman–Crippen LogP) is 4.33. The molecular weight excluding hydrogens is 561 g/mol. The smallest absolute Gasteiger partial charge is 0.416 e. The molecule has 38 heavy (non-hydrogen) atoms. The lowest BCUT2D eigenvalue weighted by molar-refractivity contribution is -0.137. The van der Waals surface area contributed by atoms with E-state index in [4.69, 9.17) is 22.1 Å². The monoisotopic (exact) mass is 573 g/mol. The van der Waals surface area contributed by atoms with Gasteiger partial charge in [-0.2, -0.15) is 13.2 Å². The Labute approximate surface area is 215 Å². The Morgan fingerprint density at radius 3 is 2.47 bits per heavy atom. The number of primary amides is 1. The number of sulfonamides is 1. The molecule has 5 rings (SSSR count). The number of nitrogens with two attached hydrogens (primary N) is 1. The van der Waals surface area contributed by atoms with E-state index in [-0.39, 0.29) is 44.8 Å². The number of hydrogen-bond acceptors (Lipinski definition) is 5. The zero-order valence-electron chi connectivity index (χ0n) is 18.5. The lowest BCUT2D eigenvalue weighted by Crippen LogP contribution is -2.27. The van der Waals surface area contributed by atoms with Gasteiger partial charge in [0.1, 0.15) is 11.6 Å². The first-order chi connectivity index (χ1) is 17.7. The van der Waals surface area contributed by atoms with Crippen LogP contribution in [0.15, 0.2) is 36.4 Å². The molecule has 15 heteroatoms. The number of amides is 2. The van der Waals surface area contributed by atoms with Crippen molar-refractivity contribution in [1.29, 1.82) is 0 Å². The molecule has 3 aromatic carbocycles. The van der Waals surface area contributed by atoms with Crippen LogP contribution < -0.4 is 20.5 Å². The van der Waals surface area contributed by atoms with Gasteiger partial charge in [-0.25, -0.2) is 17.2 Å². The Kier molecular flexibility index (Phi) is 5.80. The summed E-state index contributed by atoms with van der Waals surface area (Å²) in [6.45, 7) is 0. The maximum absolute atomic E-state index is 15.4. The molecule has 8 nitrogen and oxygen atoms in total. The lowest BCUT2D eigenvalue weighted by Gasteiger charge is -2.25. The molecule has 4 N–H and O–H groups in total. The van der Waals surface area contributed by atoms with E-state index in [1.165, 1.54) is 6.07 Å².